The molecule has 0 aliphatic rings. The van der Waals surface area contributed by atoms with Gasteiger partial charge in [0.2, 0.25) is 0 Å². The molecule has 0 saturated carbocycles. The van der Waals surface area contributed by atoms with E-state index in [0.717, 1.165) is 5.56 Å². The van der Waals surface area contributed by atoms with Gasteiger partial charge in [0.05, 0.1) is 20.3 Å². The zero-order chi connectivity index (χ0) is 37.3. The number of fused-ring (bicyclic) bond motifs is 1. The van der Waals surface area contributed by atoms with Crippen LogP contribution in [0.1, 0.15) is 76.9 Å². The van der Waals surface area contributed by atoms with Crippen LogP contribution in [-0.4, -0.2) is 69.2 Å². The van der Waals surface area contributed by atoms with E-state index in [2.05, 4.69) is 15.0 Å². The second-order valence-electron chi connectivity index (χ2n) is 12.3. The van der Waals surface area contributed by atoms with Crippen LogP contribution in [0, 0.1) is 12.3 Å². The van der Waals surface area contributed by atoms with Crippen LogP contribution in [0.25, 0.3) is 11.2 Å². The van der Waals surface area contributed by atoms with Gasteiger partial charge >= 0.3 is 23.9 Å². The number of rotatable bonds is 16. The van der Waals surface area contributed by atoms with Crippen molar-refractivity contribution in [3.63, 3.8) is 0 Å². The zero-order valence-electron chi connectivity index (χ0n) is 29.9. The number of imidazole rings is 1. The fourth-order valence-electron chi connectivity index (χ4n) is 5.14. The van der Waals surface area contributed by atoms with E-state index in [4.69, 9.17) is 39.6 Å². The topological polar surface area (TPSA) is 200 Å². The smallest absolute Gasteiger partial charge is 0.329 e. The number of methoxy groups -OCH3 is 1. The van der Waals surface area contributed by atoms with Crippen LogP contribution in [0.15, 0.2) is 42.5 Å². The average Bonchev–Trinajstić information content (AvgIpc) is 3.39. The Balaban J connectivity index is 1.82. The van der Waals surface area contributed by atoms with E-state index >= 15 is 0 Å². The largest absolute Gasteiger partial charge is 0.493 e. The third-order valence-electron chi connectivity index (χ3n) is 7.29. The number of aromatic nitrogens is 4. The van der Waals surface area contributed by atoms with Crippen molar-refractivity contribution in [2.24, 2.45) is 5.73 Å². The monoisotopic (exact) mass is 704 g/mol. The summed E-state index contributed by atoms with van der Waals surface area (Å²) in [6.45, 7) is 10.8. The lowest BCUT2D eigenvalue weighted by Gasteiger charge is -2.19. The third kappa shape index (κ3) is 10.2. The van der Waals surface area contributed by atoms with Crippen molar-refractivity contribution in [3.05, 3.63) is 59.4 Å². The molecule has 4 rings (SSSR count). The molecule has 0 amide bonds. The fourth-order valence-corrected chi connectivity index (χ4v) is 5.14. The summed E-state index contributed by atoms with van der Waals surface area (Å²) in [4.78, 5) is 51.9. The lowest BCUT2D eigenvalue weighted by atomic mass is 10.1. The summed E-state index contributed by atoms with van der Waals surface area (Å²) in [6, 6.07) is 10.6. The molecule has 0 aliphatic heterocycles. The predicted octanol–water partition coefficient (Wildman–Crippen LogP) is 5.73. The van der Waals surface area contributed by atoms with Gasteiger partial charge in [0.1, 0.15) is 29.1 Å². The van der Waals surface area contributed by atoms with E-state index in [0.29, 0.717) is 29.3 Å². The van der Waals surface area contributed by atoms with Crippen molar-refractivity contribution in [1.29, 1.82) is 5.41 Å². The number of amidine groups is 1. The Morgan fingerprint density at radius 1 is 0.922 bits per heavy atom. The van der Waals surface area contributed by atoms with Gasteiger partial charge in [-0.05, 0) is 90.3 Å². The first-order chi connectivity index (χ1) is 24.2. The Bertz CT molecular complexity index is 1900. The van der Waals surface area contributed by atoms with E-state index in [-0.39, 0.29) is 73.1 Å². The number of ether oxygens (including phenoxy) is 6. The molecule has 272 valence electrons. The Labute approximate surface area is 295 Å². The molecule has 15 nitrogen and oxygen atoms in total. The van der Waals surface area contributed by atoms with Crippen molar-refractivity contribution in [3.8, 4) is 29.1 Å². The summed E-state index contributed by atoms with van der Waals surface area (Å²) in [5, 5.41) is 7.88. The van der Waals surface area contributed by atoms with Gasteiger partial charge in [-0.3, -0.25) is 19.6 Å². The standard InChI is InChI=1S/C36H44N6O9/c1-8-47-28(43)18-15-25(34(45)48-9-2)42-21(3)39-30-32(42)40-35(50-27-20-23(31(37)38)14-16-26(27)46-7)41-33(30)49-24-12-10-11-22(19-24)13-17-29(44)51-36(4,5)6/h10-12,14,16,19-20,25H,8-9,13,15,17-18H2,1-7H3,(H3,37,38). The zero-order valence-corrected chi connectivity index (χ0v) is 29.9. The van der Waals surface area contributed by atoms with Crippen molar-refractivity contribution < 1.29 is 42.8 Å². The van der Waals surface area contributed by atoms with Crippen molar-refractivity contribution >= 4 is 34.9 Å². The minimum absolute atomic E-state index is 0.00386. The molecule has 4 aromatic rings. The van der Waals surface area contributed by atoms with E-state index in [9.17, 15) is 14.4 Å². The number of hydrogen-bond donors (Lipinski definition) is 2. The summed E-state index contributed by atoms with van der Waals surface area (Å²) < 4.78 is 35.4. The number of nitrogens with zero attached hydrogens (tertiary/aromatic N) is 4. The molecule has 3 N–H and O–H groups in total. The molecule has 51 heavy (non-hydrogen) atoms. The molecular weight excluding hydrogens is 660 g/mol. The molecule has 0 fully saturated rings. The van der Waals surface area contributed by atoms with E-state index in [1.165, 1.54) is 13.2 Å². The number of nitrogen functional groups attached to an aromatic ring is 1. The maximum Gasteiger partial charge on any atom is 0.329 e. The van der Waals surface area contributed by atoms with Gasteiger partial charge in [-0.15, -0.1) is 0 Å². The molecule has 15 heteroatoms. The molecule has 0 spiro atoms. The third-order valence-corrected chi connectivity index (χ3v) is 7.29. The van der Waals surface area contributed by atoms with Crippen molar-refractivity contribution in [2.45, 2.75) is 78.9 Å². The molecular formula is C36H44N6O9. The Hall–Kier alpha value is -5.73. The summed E-state index contributed by atoms with van der Waals surface area (Å²) in [7, 11) is 1.45. The van der Waals surface area contributed by atoms with Gasteiger partial charge in [-0.1, -0.05) is 12.1 Å². The highest BCUT2D eigenvalue weighted by atomic mass is 16.6. The lowest BCUT2D eigenvalue weighted by molar-refractivity contribution is -0.155. The van der Waals surface area contributed by atoms with Crippen molar-refractivity contribution in [1.82, 2.24) is 19.5 Å². The van der Waals surface area contributed by atoms with Gasteiger partial charge in [0.25, 0.3) is 5.88 Å². The highest BCUT2D eigenvalue weighted by Gasteiger charge is 2.30. The number of benzene rings is 2. The number of carbonyl (C=O) groups excluding carboxylic acids is 3. The van der Waals surface area contributed by atoms with Crippen LogP contribution in [-0.2, 0) is 35.0 Å². The van der Waals surface area contributed by atoms with Crippen LogP contribution >= 0.6 is 0 Å². The first kappa shape index (κ1) is 38.1. The van der Waals surface area contributed by atoms with Gasteiger partial charge in [0.15, 0.2) is 22.7 Å². The molecule has 2 aromatic carbocycles. The number of aryl methyl sites for hydroxylation is 2. The second-order valence-corrected chi connectivity index (χ2v) is 12.3. The number of carbonyl (C=O) groups is 3. The Morgan fingerprint density at radius 3 is 2.33 bits per heavy atom. The SMILES string of the molecule is CCOC(=O)CCC(C(=O)OCC)n1c(C)nc2c(Oc3cccc(CCC(=O)OC(C)(C)C)c3)nc(Oc3cc(C(=N)N)ccc3OC)nc21. The quantitative estimate of drug-likeness (QED) is 0.0620. The second kappa shape index (κ2) is 16.8. The molecule has 1 unspecified atom stereocenters. The summed E-state index contributed by atoms with van der Waals surface area (Å²) in [5.41, 5.74) is 6.69. The minimum atomic E-state index is -1.01. The summed E-state index contributed by atoms with van der Waals surface area (Å²) in [5.74, 6) is -0.364. The molecule has 0 aliphatic carbocycles. The van der Waals surface area contributed by atoms with E-state index < -0.39 is 23.6 Å². The Kier molecular flexibility index (Phi) is 12.5. The van der Waals surface area contributed by atoms with Crippen LogP contribution in [0.4, 0.5) is 0 Å². The van der Waals surface area contributed by atoms with Crippen molar-refractivity contribution in [2.75, 3.05) is 20.3 Å². The molecule has 0 radical (unpaired) electrons. The predicted molar refractivity (Wildman–Crippen MR) is 186 cm³/mol. The first-order valence-electron chi connectivity index (χ1n) is 16.5. The minimum Gasteiger partial charge on any atom is -0.493 e. The van der Waals surface area contributed by atoms with Gasteiger partial charge in [0, 0.05) is 18.4 Å². The van der Waals surface area contributed by atoms with Crippen LogP contribution in [0.5, 0.6) is 29.1 Å². The molecule has 0 saturated heterocycles. The van der Waals surface area contributed by atoms with Gasteiger partial charge in [-0.25, -0.2) is 9.78 Å². The number of hydrogen-bond acceptors (Lipinski definition) is 13. The maximum absolute atomic E-state index is 13.4. The normalized spacial score (nSPS) is 11.8. The summed E-state index contributed by atoms with van der Waals surface area (Å²) in [6.07, 6.45) is 0.539. The first-order valence-corrected chi connectivity index (χ1v) is 16.5. The number of nitrogens with two attached hydrogens (primary N) is 1. The number of nitrogens with one attached hydrogen (secondary N) is 1. The molecule has 1 atom stereocenters. The van der Waals surface area contributed by atoms with Gasteiger partial charge in [-0.2, -0.15) is 9.97 Å². The fraction of sp³-hybridized carbons (Fsp3) is 0.417. The maximum atomic E-state index is 13.4. The highest BCUT2D eigenvalue weighted by molar-refractivity contribution is 5.95. The van der Waals surface area contributed by atoms with Crippen LogP contribution in [0.2, 0.25) is 0 Å². The molecule has 2 heterocycles. The van der Waals surface area contributed by atoms with E-state index in [1.807, 2.05) is 26.8 Å². The van der Waals surface area contributed by atoms with E-state index in [1.54, 1.807) is 55.7 Å². The summed E-state index contributed by atoms with van der Waals surface area (Å²) >= 11 is 0. The molecule has 2 aromatic heterocycles. The highest BCUT2D eigenvalue weighted by Crippen LogP contribution is 2.36. The number of esters is 3. The lowest BCUT2D eigenvalue weighted by Crippen LogP contribution is -2.24. The average molecular weight is 705 g/mol. The molecule has 0 bridgehead atoms. The van der Waals surface area contributed by atoms with Crippen LogP contribution < -0.4 is 19.9 Å². The van der Waals surface area contributed by atoms with Crippen LogP contribution in [0.3, 0.4) is 0 Å². The Morgan fingerprint density at radius 2 is 1.67 bits per heavy atom. The van der Waals surface area contributed by atoms with Gasteiger partial charge < -0.3 is 34.2 Å².